The molecule has 16 heavy (non-hydrogen) atoms. The van der Waals surface area contributed by atoms with Crippen LogP contribution < -0.4 is 0 Å². The van der Waals surface area contributed by atoms with E-state index < -0.39 is 0 Å². The first kappa shape index (κ1) is 16.4. The van der Waals surface area contributed by atoms with Crippen molar-refractivity contribution in [1.29, 1.82) is 0 Å². The molecule has 0 saturated carbocycles. The molecule has 2 unspecified atom stereocenters. The zero-order valence-electron chi connectivity index (χ0n) is 11.8. The zero-order chi connectivity index (χ0) is 12.4. The van der Waals surface area contributed by atoms with Gasteiger partial charge >= 0.3 is 0 Å². The van der Waals surface area contributed by atoms with Crippen LogP contribution >= 0.6 is 12.6 Å². The Morgan fingerprint density at radius 3 is 1.56 bits per heavy atom. The van der Waals surface area contributed by atoms with E-state index in [0.29, 0.717) is 0 Å². The Balaban J connectivity index is 3.32. The lowest BCUT2D eigenvalue weighted by atomic mass is 9.93. The lowest BCUT2D eigenvalue weighted by Crippen LogP contribution is -2.00. The van der Waals surface area contributed by atoms with Crippen molar-refractivity contribution in [3.8, 4) is 0 Å². The van der Waals surface area contributed by atoms with Gasteiger partial charge in [0.2, 0.25) is 0 Å². The summed E-state index contributed by atoms with van der Waals surface area (Å²) in [6.45, 7) is 9.40. The maximum absolute atomic E-state index is 5.01. The Morgan fingerprint density at radius 2 is 1.12 bits per heavy atom. The Labute approximate surface area is 109 Å². The van der Waals surface area contributed by atoms with Gasteiger partial charge in [0.05, 0.1) is 0 Å². The zero-order valence-corrected chi connectivity index (χ0v) is 12.6. The maximum atomic E-state index is 5.01. The highest BCUT2D eigenvalue weighted by atomic mass is 32.1. The van der Waals surface area contributed by atoms with Crippen LogP contribution in [0.3, 0.4) is 0 Å². The van der Waals surface area contributed by atoms with Crippen LogP contribution in [0.25, 0.3) is 0 Å². The summed E-state index contributed by atoms with van der Waals surface area (Å²) in [4.78, 5) is 0. The minimum atomic E-state index is 0.848. The molecule has 0 spiro atoms. The Morgan fingerprint density at radius 1 is 0.688 bits per heavy atom. The first-order valence-corrected chi connectivity index (χ1v) is 7.72. The Bertz CT molecular complexity index is 142. The fraction of sp³-hybridized carbons (Fsp3) is 1.00. The lowest BCUT2D eigenvalue weighted by molar-refractivity contribution is 0.398. The van der Waals surface area contributed by atoms with Crippen LogP contribution in [0.15, 0.2) is 0 Å². The second kappa shape index (κ2) is 10.5. The summed E-state index contributed by atoms with van der Waals surface area (Å²) in [6, 6.07) is 0. The van der Waals surface area contributed by atoms with Crippen molar-refractivity contribution in [1.82, 2.24) is 0 Å². The SMILES string of the molecule is CC(C)CCCC(C)CCCC(C)CC[S]. The fourth-order valence-corrected chi connectivity index (χ4v) is 2.58. The molecular weight excluding hydrogens is 212 g/mol. The average Bonchev–Trinajstić information content (AvgIpc) is 2.17. The minimum Gasteiger partial charge on any atom is -0.0941 e. The summed E-state index contributed by atoms with van der Waals surface area (Å²) in [5.74, 6) is 3.58. The van der Waals surface area contributed by atoms with Gasteiger partial charge in [-0.3, -0.25) is 0 Å². The van der Waals surface area contributed by atoms with Crippen molar-refractivity contribution >= 4 is 12.6 Å². The van der Waals surface area contributed by atoms with Crippen molar-refractivity contribution < 1.29 is 0 Å². The molecule has 0 aliphatic heterocycles. The first-order valence-electron chi connectivity index (χ1n) is 7.14. The van der Waals surface area contributed by atoms with Gasteiger partial charge in [-0.2, -0.15) is 0 Å². The summed E-state index contributed by atoms with van der Waals surface area (Å²) < 4.78 is 0. The highest BCUT2D eigenvalue weighted by Gasteiger charge is 2.05. The average molecular weight is 243 g/mol. The third kappa shape index (κ3) is 10.9. The minimum absolute atomic E-state index is 0.848. The predicted octanol–water partition coefficient (Wildman–Crippen LogP) is 5.84. The summed E-state index contributed by atoms with van der Waals surface area (Å²) in [7, 11) is 0. The van der Waals surface area contributed by atoms with Crippen molar-refractivity contribution in [2.75, 3.05) is 5.75 Å². The van der Waals surface area contributed by atoms with Gasteiger partial charge in [-0.05, 0) is 24.2 Å². The second-order valence-corrected chi connectivity index (χ2v) is 6.37. The Hall–Kier alpha value is 0.350. The van der Waals surface area contributed by atoms with Crippen molar-refractivity contribution in [2.45, 2.75) is 72.6 Å². The number of rotatable bonds is 10. The molecule has 0 bridgehead atoms. The summed E-state index contributed by atoms with van der Waals surface area (Å²) >= 11 is 5.01. The van der Waals surface area contributed by atoms with E-state index in [1.165, 1.54) is 44.9 Å². The molecule has 0 aliphatic rings. The topological polar surface area (TPSA) is 0 Å². The van der Waals surface area contributed by atoms with Gasteiger partial charge in [0, 0.05) is 5.75 Å². The molecule has 0 N–H and O–H groups in total. The predicted molar refractivity (Wildman–Crippen MR) is 77.9 cm³/mol. The lowest BCUT2D eigenvalue weighted by Gasteiger charge is -2.14. The van der Waals surface area contributed by atoms with Gasteiger partial charge in [0.1, 0.15) is 0 Å². The van der Waals surface area contributed by atoms with E-state index in [2.05, 4.69) is 27.7 Å². The van der Waals surface area contributed by atoms with Crippen molar-refractivity contribution in [2.24, 2.45) is 17.8 Å². The number of hydrogen-bond acceptors (Lipinski definition) is 0. The molecule has 0 fully saturated rings. The van der Waals surface area contributed by atoms with Crippen LogP contribution in [-0.2, 0) is 0 Å². The third-order valence-electron chi connectivity index (χ3n) is 3.48. The molecule has 0 heterocycles. The standard InChI is InChI=1S/C15H31S/c1-13(2)7-5-8-14(3)9-6-10-15(4)11-12-16/h13-15H,5-12H2,1-4H3. The molecule has 0 aromatic rings. The summed E-state index contributed by atoms with van der Waals surface area (Å²) in [6.07, 6.45) is 9.67. The van der Waals surface area contributed by atoms with E-state index in [1.807, 2.05) is 0 Å². The highest BCUT2D eigenvalue weighted by molar-refractivity contribution is 7.80. The molecule has 0 aliphatic carbocycles. The summed E-state index contributed by atoms with van der Waals surface area (Å²) in [5.41, 5.74) is 0. The second-order valence-electron chi connectivity index (χ2n) is 5.96. The van der Waals surface area contributed by atoms with Crippen LogP contribution in [0, 0.1) is 17.8 Å². The molecular formula is C15H31S. The largest absolute Gasteiger partial charge is 0.0941 e. The number of hydrogen-bond donors (Lipinski definition) is 0. The van der Waals surface area contributed by atoms with Crippen LogP contribution in [0.2, 0.25) is 0 Å². The van der Waals surface area contributed by atoms with E-state index in [-0.39, 0.29) is 0 Å². The van der Waals surface area contributed by atoms with E-state index in [4.69, 9.17) is 12.6 Å². The molecule has 0 amide bonds. The van der Waals surface area contributed by atoms with Crippen molar-refractivity contribution in [3.63, 3.8) is 0 Å². The quantitative estimate of drug-likeness (QED) is 0.452. The van der Waals surface area contributed by atoms with E-state index >= 15 is 0 Å². The van der Waals surface area contributed by atoms with Crippen molar-refractivity contribution in [3.05, 3.63) is 0 Å². The van der Waals surface area contributed by atoms with E-state index in [0.717, 1.165) is 23.5 Å². The van der Waals surface area contributed by atoms with Gasteiger partial charge in [-0.25, -0.2) is 0 Å². The van der Waals surface area contributed by atoms with Crippen LogP contribution in [-0.4, -0.2) is 5.75 Å². The molecule has 0 aromatic heterocycles. The third-order valence-corrected chi connectivity index (χ3v) is 3.72. The van der Waals surface area contributed by atoms with Gasteiger partial charge in [-0.15, -0.1) is 0 Å². The van der Waals surface area contributed by atoms with Crippen LogP contribution in [0.1, 0.15) is 72.6 Å². The van der Waals surface area contributed by atoms with Gasteiger partial charge < -0.3 is 0 Å². The molecule has 0 aromatic carbocycles. The molecule has 0 rings (SSSR count). The van der Waals surface area contributed by atoms with E-state index in [9.17, 15) is 0 Å². The van der Waals surface area contributed by atoms with Gasteiger partial charge in [0.25, 0.3) is 0 Å². The van der Waals surface area contributed by atoms with Gasteiger partial charge in [-0.1, -0.05) is 78.8 Å². The Kier molecular flexibility index (Phi) is 10.7. The summed E-state index contributed by atoms with van der Waals surface area (Å²) in [5, 5.41) is 0. The molecule has 1 heteroatoms. The molecule has 2 atom stereocenters. The monoisotopic (exact) mass is 243 g/mol. The highest BCUT2D eigenvalue weighted by Crippen LogP contribution is 2.20. The fourth-order valence-electron chi connectivity index (χ4n) is 2.18. The molecule has 1 radical (unpaired) electrons. The maximum Gasteiger partial charge on any atom is 0.00394 e. The molecule has 0 saturated heterocycles. The molecule has 97 valence electrons. The first-order chi connectivity index (χ1) is 7.56. The van der Waals surface area contributed by atoms with E-state index in [1.54, 1.807) is 0 Å². The molecule has 0 nitrogen and oxygen atoms in total. The van der Waals surface area contributed by atoms with Gasteiger partial charge in [0.15, 0.2) is 0 Å². The van der Waals surface area contributed by atoms with Crippen LogP contribution in [0.5, 0.6) is 0 Å². The van der Waals surface area contributed by atoms with Crippen LogP contribution in [0.4, 0.5) is 0 Å². The smallest absolute Gasteiger partial charge is 0.00394 e. The normalized spacial score (nSPS) is 15.4.